The molecule has 7 heteroatoms. The molecule has 0 aliphatic rings. The van der Waals surface area contributed by atoms with E-state index in [1.165, 1.54) is 18.3 Å². The zero-order chi connectivity index (χ0) is 13.5. The van der Waals surface area contributed by atoms with Gasteiger partial charge in [0.2, 0.25) is 5.91 Å². The maximum Gasteiger partial charge on any atom is 0.308 e. The molecule has 1 aromatic rings. The molecule has 1 unspecified atom stereocenters. The van der Waals surface area contributed by atoms with Gasteiger partial charge >= 0.3 is 5.97 Å². The van der Waals surface area contributed by atoms with Crippen molar-refractivity contribution in [3.63, 3.8) is 0 Å². The molecule has 0 aliphatic carbocycles. The molecule has 1 rings (SSSR count). The van der Waals surface area contributed by atoms with Crippen molar-refractivity contribution in [2.75, 3.05) is 13.1 Å². The number of carbonyl (C=O) groups is 3. The van der Waals surface area contributed by atoms with Gasteiger partial charge in [-0.05, 0) is 11.4 Å². The smallest absolute Gasteiger partial charge is 0.308 e. The monoisotopic (exact) mass is 270 g/mol. The van der Waals surface area contributed by atoms with Gasteiger partial charge in [-0.3, -0.25) is 14.4 Å². The number of carbonyl (C=O) groups excluding carboxylic acids is 2. The highest BCUT2D eigenvalue weighted by atomic mass is 32.1. The first-order valence-corrected chi connectivity index (χ1v) is 6.20. The minimum Gasteiger partial charge on any atom is -0.481 e. The molecule has 0 spiro atoms. The van der Waals surface area contributed by atoms with Crippen LogP contribution in [0.5, 0.6) is 0 Å². The van der Waals surface area contributed by atoms with Crippen LogP contribution < -0.4 is 10.6 Å². The van der Waals surface area contributed by atoms with E-state index in [4.69, 9.17) is 5.11 Å². The van der Waals surface area contributed by atoms with Crippen LogP contribution in [0.15, 0.2) is 17.5 Å². The molecule has 1 atom stereocenters. The fourth-order valence-electron chi connectivity index (χ4n) is 1.07. The van der Waals surface area contributed by atoms with Gasteiger partial charge in [-0.1, -0.05) is 13.0 Å². The van der Waals surface area contributed by atoms with E-state index in [1.807, 2.05) is 0 Å². The van der Waals surface area contributed by atoms with Crippen molar-refractivity contribution in [3.05, 3.63) is 22.4 Å². The van der Waals surface area contributed by atoms with Crippen LogP contribution in [0.25, 0.3) is 0 Å². The second-order valence-corrected chi connectivity index (χ2v) is 4.65. The highest BCUT2D eigenvalue weighted by Gasteiger charge is 2.13. The van der Waals surface area contributed by atoms with Gasteiger partial charge in [0.1, 0.15) is 0 Å². The number of amides is 2. The minimum atomic E-state index is -0.974. The minimum absolute atomic E-state index is 0.0447. The van der Waals surface area contributed by atoms with E-state index in [2.05, 4.69) is 10.6 Å². The summed E-state index contributed by atoms with van der Waals surface area (Å²) in [4.78, 5) is 33.9. The van der Waals surface area contributed by atoms with Crippen LogP contribution >= 0.6 is 11.3 Å². The Morgan fingerprint density at radius 3 is 2.67 bits per heavy atom. The number of aliphatic carboxylic acids is 1. The van der Waals surface area contributed by atoms with Crippen LogP contribution in [-0.2, 0) is 9.59 Å². The third-order valence-corrected chi connectivity index (χ3v) is 3.05. The Morgan fingerprint density at radius 2 is 2.11 bits per heavy atom. The Bertz CT molecular complexity index is 430. The Labute approximate surface area is 108 Å². The molecule has 1 heterocycles. The fourth-order valence-corrected chi connectivity index (χ4v) is 1.71. The topological polar surface area (TPSA) is 95.5 Å². The second kappa shape index (κ2) is 6.75. The number of hydrogen-bond donors (Lipinski definition) is 3. The summed E-state index contributed by atoms with van der Waals surface area (Å²) < 4.78 is 0. The van der Waals surface area contributed by atoms with Crippen LogP contribution in [0.3, 0.4) is 0 Å². The Hall–Kier alpha value is -1.89. The average molecular weight is 270 g/mol. The highest BCUT2D eigenvalue weighted by Crippen LogP contribution is 2.07. The van der Waals surface area contributed by atoms with E-state index in [0.29, 0.717) is 4.88 Å². The SMILES string of the molecule is CC(CNC(=O)CNC(=O)c1cccs1)C(=O)O. The lowest BCUT2D eigenvalue weighted by Gasteiger charge is -2.08. The number of hydrogen-bond acceptors (Lipinski definition) is 4. The van der Waals surface area contributed by atoms with E-state index >= 15 is 0 Å². The maximum atomic E-state index is 11.5. The molecule has 98 valence electrons. The van der Waals surface area contributed by atoms with Crippen LogP contribution in [-0.4, -0.2) is 36.0 Å². The Kier molecular flexibility index (Phi) is 5.31. The molecule has 0 saturated carbocycles. The molecule has 0 aliphatic heterocycles. The number of carboxylic acid groups (broad SMARTS) is 1. The summed E-state index contributed by atoms with van der Waals surface area (Å²) in [5, 5.41) is 15.3. The van der Waals surface area contributed by atoms with Gasteiger partial charge in [-0.2, -0.15) is 0 Å². The fraction of sp³-hybridized carbons (Fsp3) is 0.364. The predicted molar refractivity (Wildman–Crippen MR) is 66.5 cm³/mol. The molecule has 0 bridgehead atoms. The van der Waals surface area contributed by atoms with Gasteiger partial charge < -0.3 is 15.7 Å². The van der Waals surface area contributed by atoms with Crippen LogP contribution in [0.1, 0.15) is 16.6 Å². The summed E-state index contributed by atoms with van der Waals surface area (Å²) in [6, 6.07) is 3.40. The third kappa shape index (κ3) is 4.54. The number of rotatable bonds is 6. The number of thiophene rings is 1. The largest absolute Gasteiger partial charge is 0.481 e. The third-order valence-electron chi connectivity index (χ3n) is 2.18. The van der Waals surface area contributed by atoms with Crippen molar-refractivity contribution >= 4 is 29.1 Å². The molecule has 0 aromatic carbocycles. The normalized spacial score (nSPS) is 11.6. The summed E-state index contributed by atoms with van der Waals surface area (Å²) in [6.07, 6.45) is 0. The lowest BCUT2D eigenvalue weighted by atomic mass is 10.2. The molecular weight excluding hydrogens is 256 g/mol. The predicted octanol–water partition coefficient (Wildman–Crippen LogP) is 0.315. The van der Waals surface area contributed by atoms with E-state index < -0.39 is 17.8 Å². The number of nitrogens with one attached hydrogen (secondary N) is 2. The van der Waals surface area contributed by atoms with Crippen molar-refractivity contribution < 1.29 is 19.5 Å². The van der Waals surface area contributed by atoms with Crippen molar-refractivity contribution in [1.29, 1.82) is 0 Å². The highest BCUT2D eigenvalue weighted by molar-refractivity contribution is 7.12. The molecule has 0 saturated heterocycles. The van der Waals surface area contributed by atoms with Crippen molar-refractivity contribution in [2.24, 2.45) is 5.92 Å². The molecule has 2 amide bonds. The molecule has 3 N–H and O–H groups in total. The van der Waals surface area contributed by atoms with E-state index in [-0.39, 0.29) is 19.0 Å². The van der Waals surface area contributed by atoms with Gasteiger partial charge in [0, 0.05) is 6.54 Å². The second-order valence-electron chi connectivity index (χ2n) is 3.70. The molecule has 1 aromatic heterocycles. The zero-order valence-electron chi connectivity index (χ0n) is 9.80. The van der Waals surface area contributed by atoms with E-state index in [0.717, 1.165) is 0 Å². The zero-order valence-corrected chi connectivity index (χ0v) is 10.6. The summed E-state index contributed by atoms with van der Waals surface area (Å²) >= 11 is 1.28. The summed E-state index contributed by atoms with van der Waals surface area (Å²) in [6.45, 7) is 1.37. The van der Waals surface area contributed by atoms with Gasteiger partial charge in [-0.25, -0.2) is 0 Å². The Balaban J connectivity index is 2.25. The number of carboxylic acids is 1. The quantitative estimate of drug-likeness (QED) is 0.693. The molecule has 18 heavy (non-hydrogen) atoms. The average Bonchev–Trinajstić information content (AvgIpc) is 2.86. The van der Waals surface area contributed by atoms with E-state index in [1.54, 1.807) is 17.5 Å². The van der Waals surface area contributed by atoms with Gasteiger partial charge in [0.25, 0.3) is 5.91 Å². The van der Waals surface area contributed by atoms with Crippen LogP contribution in [0.2, 0.25) is 0 Å². The van der Waals surface area contributed by atoms with Crippen molar-refractivity contribution in [2.45, 2.75) is 6.92 Å². The van der Waals surface area contributed by atoms with Gasteiger partial charge in [0.05, 0.1) is 17.3 Å². The standard InChI is InChI=1S/C11H14N2O4S/c1-7(11(16)17)5-12-9(14)6-13-10(15)8-3-2-4-18-8/h2-4,7H,5-6H2,1H3,(H,12,14)(H,13,15)(H,16,17). The lowest BCUT2D eigenvalue weighted by molar-refractivity contribution is -0.141. The molecule has 6 nitrogen and oxygen atoms in total. The first kappa shape index (κ1) is 14.2. The van der Waals surface area contributed by atoms with E-state index in [9.17, 15) is 14.4 Å². The summed E-state index contributed by atoms with van der Waals surface area (Å²) in [5.74, 6) is -2.35. The lowest BCUT2D eigenvalue weighted by Crippen LogP contribution is -2.39. The van der Waals surface area contributed by atoms with Crippen molar-refractivity contribution in [1.82, 2.24) is 10.6 Å². The summed E-state index contributed by atoms with van der Waals surface area (Å²) in [5.41, 5.74) is 0. The van der Waals surface area contributed by atoms with Gasteiger partial charge in [0.15, 0.2) is 0 Å². The molecule has 0 radical (unpaired) electrons. The summed E-state index contributed by atoms with van der Waals surface area (Å²) in [7, 11) is 0. The van der Waals surface area contributed by atoms with Crippen molar-refractivity contribution in [3.8, 4) is 0 Å². The van der Waals surface area contributed by atoms with Crippen LogP contribution in [0.4, 0.5) is 0 Å². The first-order valence-electron chi connectivity index (χ1n) is 5.32. The Morgan fingerprint density at radius 1 is 1.39 bits per heavy atom. The van der Waals surface area contributed by atoms with Gasteiger partial charge in [-0.15, -0.1) is 11.3 Å². The first-order chi connectivity index (χ1) is 8.50. The van der Waals surface area contributed by atoms with Crippen LogP contribution in [0, 0.1) is 5.92 Å². The molecular formula is C11H14N2O4S. The molecule has 0 fully saturated rings. The maximum absolute atomic E-state index is 11.5.